The summed E-state index contributed by atoms with van der Waals surface area (Å²) < 4.78 is 2.01. The Bertz CT molecular complexity index is 1150. The van der Waals surface area contributed by atoms with Crippen LogP contribution in [-0.4, -0.2) is 31.5 Å². The number of nitrogens with zero attached hydrogens (tertiary/aromatic N) is 2. The number of nitrogens with one attached hydrogen (secondary N) is 1. The fraction of sp³-hybridized carbons (Fsp3) is 0.136. The third-order valence-electron chi connectivity index (χ3n) is 4.75. The van der Waals surface area contributed by atoms with Crippen molar-refractivity contribution in [2.24, 2.45) is 0 Å². The second-order valence-electron chi connectivity index (χ2n) is 6.70. The molecule has 2 heterocycles. The van der Waals surface area contributed by atoms with Gasteiger partial charge in [0.05, 0.1) is 16.2 Å². The smallest absolute Gasteiger partial charge is 0.278 e. The first-order valence-electron chi connectivity index (χ1n) is 9.21. The molecule has 0 atom stereocenters. The van der Waals surface area contributed by atoms with E-state index in [1.807, 2.05) is 67.6 Å². The number of H-pyrrole nitrogens is 1. The number of rotatable bonds is 5. The Kier molecular flexibility index (Phi) is 5.51. The zero-order valence-electron chi connectivity index (χ0n) is 15.8. The van der Waals surface area contributed by atoms with E-state index in [-0.39, 0.29) is 11.5 Å². The highest BCUT2D eigenvalue weighted by molar-refractivity contribution is 8.26. The number of thioether (sulfide) groups is 1. The van der Waals surface area contributed by atoms with E-state index in [1.165, 1.54) is 16.4 Å². The van der Waals surface area contributed by atoms with E-state index in [2.05, 4.69) is 5.10 Å². The van der Waals surface area contributed by atoms with Crippen LogP contribution in [-0.2, 0) is 11.2 Å². The number of aryl methyl sites for hydroxylation is 1. The maximum Gasteiger partial charge on any atom is 0.278 e. The molecule has 1 aliphatic rings. The van der Waals surface area contributed by atoms with Crippen LogP contribution in [0.1, 0.15) is 16.8 Å². The van der Waals surface area contributed by atoms with Crippen molar-refractivity contribution in [1.29, 1.82) is 0 Å². The topological polar surface area (TPSA) is 58.1 Å². The summed E-state index contributed by atoms with van der Waals surface area (Å²) in [6, 6.07) is 19.3. The van der Waals surface area contributed by atoms with E-state index >= 15 is 0 Å². The quantitative estimate of drug-likeness (QED) is 0.501. The van der Waals surface area contributed by atoms with E-state index in [0.717, 1.165) is 17.7 Å². The minimum Gasteiger partial charge on any atom is -0.295 e. The number of aromatic amines is 1. The lowest BCUT2D eigenvalue weighted by molar-refractivity contribution is -0.122. The van der Waals surface area contributed by atoms with Gasteiger partial charge in [-0.05, 0) is 37.1 Å². The van der Waals surface area contributed by atoms with Gasteiger partial charge in [0.25, 0.3) is 11.5 Å². The van der Waals surface area contributed by atoms with Crippen LogP contribution in [0, 0.1) is 6.92 Å². The van der Waals surface area contributed by atoms with Crippen molar-refractivity contribution in [1.82, 2.24) is 14.7 Å². The van der Waals surface area contributed by atoms with E-state index in [1.54, 1.807) is 11.0 Å². The molecule has 0 aliphatic carbocycles. The van der Waals surface area contributed by atoms with Gasteiger partial charge in [0.2, 0.25) is 0 Å². The third kappa shape index (κ3) is 3.97. The average molecular weight is 422 g/mol. The first-order valence-corrected chi connectivity index (χ1v) is 10.4. The van der Waals surface area contributed by atoms with Crippen molar-refractivity contribution in [3.63, 3.8) is 0 Å². The SMILES string of the molecule is Cc1[nH]n(-c2ccccc2)c(=O)c1C=C1SC(=S)N(CCc2ccccc2)C1=O. The molecule has 146 valence electrons. The van der Waals surface area contributed by atoms with Crippen LogP contribution >= 0.6 is 24.0 Å². The highest BCUT2D eigenvalue weighted by Crippen LogP contribution is 2.32. The van der Waals surface area contributed by atoms with Crippen LogP contribution in [0.5, 0.6) is 0 Å². The Morgan fingerprint density at radius 1 is 1.03 bits per heavy atom. The fourth-order valence-electron chi connectivity index (χ4n) is 3.20. The molecule has 0 unspecified atom stereocenters. The third-order valence-corrected chi connectivity index (χ3v) is 6.13. The molecule has 7 heteroatoms. The number of para-hydroxylation sites is 1. The molecule has 0 bridgehead atoms. The molecule has 1 fully saturated rings. The van der Waals surface area contributed by atoms with Crippen molar-refractivity contribution >= 4 is 40.3 Å². The summed E-state index contributed by atoms with van der Waals surface area (Å²) in [5, 5.41) is 3.08. The summed E-state index contributed by atoms with van der Waals surface area (Å²) >= 11 is 6.65. The highest BCUT2D eigenvalue weighted by atomic mass is 32.2. The van der Waals surface area contributed by atoms with Crippen molar-refractivity contribution in [3.8, 4) is 5.69 Å². The lowest BCUT2D eigenvalue weighted by Gasteiger charge is -2.14. The highest BCUT2D eigenvalue weighted by Gasteiger charge is 2.32. The van der Waals surface area contributed by atoms with Crippen LogP contribution in [0.3, 0.4) is 0 Å². The van der Waals surface area contributed by atoms with Gasteiger partial charge in [-0.3, -0.25) is 19.6 Å². The summed E-state index contributed by atoms with van der Waals surface area (Å²) in [5.41, 5.74) is 2.88. The summed E-state index contributed by atoms with van der Waals surface area (Å²) in [4.78, 5) is 27.8. The molecule has 1 saturated heterocycles. The van der Waals surface area contributed by atoms with E-state index in [4.69, 9.17) is 12.2 Å². The minimum absolute atomic E-state index is 0.151. The normalized spacial score (nSPS) is 15.5. The molecule has 1 amide bonds. The van der Waals surface area contributed by atoms with Gasteiger partial charge in [-0.2, -0.15) is 0 Å². The fourth-order valence-corrected chi connectivity index (χ4v) is 4.49. The predicted octanol–water partition coefficient (Wildman–Crippen LogP) is 3.92. The van der Waals surface area contributed by atoms with Crippen molar-refractivity contribution < 1.29 is 4.79 Å². The van der Waals surface area contributed by atoms with Gasteiger partial charge >= 0.3 is 0 Å². The molecule has 4 rings (SSSR count). The number of carbonyl (C=O) groups excluding carboxylic acids is 1. The Hall–Kier alpha value is -2.90. The monoisotopic (exact) mass is 421 g/mol. The van der Waals surface area contributed by atoms with Gasteiger partial charge in [-0.1, -0.05) is 72.5 Å². The maximum atomic E-state index is 12.9. The van der Waals surface area contributed by atoms with Crippen LogP contribution in [0.4, 0.5) is 0 Å². The largest absolute Gasteiger partial charge is 0.295 e. The molecule has 3 aromatic rings. The second-order valence-corrected chi connectivity index (χ2v) is 8.37. The molecule has 5 nitrogen and oxygen atoms in total. The number of benzene rings is 2. The molecule has 2 aromatic carbocycles. The Balaban J connectivity index is 1.58. The molecular weight excluding hydrogens is 402 g/mol. The molecule has 0 saturated carbocycles. The lowest BCUT2D eigenvalue weighted by atomic mass is 10.1. The molecular formula is C22H19N3O2S2. The number of hydrogen-bond acceptors (Lipinski definition) is 4. The van der Waals surface area contributed by atoms with E-state index in [0.29, 0.717) is 27.0 Å². The summed E-state index contributed by atoms with van der Waals surface area (Å²) in [7, 11) is 0. The number of carbonyl (C=O) groups is 1. The molecule has 1 N–H and O–H groups in total. The van der Waals surface area contributed by atoms with Crippen molar-refractivity contribution in [2.45, 2.75) is 13.3 Å². The summed E-state index contributed by atoms with van der Waals surface area (Å²) in [6.45, 7) is 2.34. The molecule has 0 spiro atoms. The summed E-state index contributed by atoms with van der Waals surface area (Å²) in [5.74, 6) is -0.151. The second kappa shape index (κ2) is 8.23. The van der Waals surface area contributed by atoms with E-state index in [9.17, 15) is 9.59 Å². The van der Waals surface area contributed by atoms with E-state index < -0.39 is 0 Å². The van der Waals surface area contributed by atoms with Gasteiger partial charge in [0.1, 0.15) is 4.32 Å². The molecule has 0 radical (unpaired) electrons. The Morgan fingerprint density at radius 2 is 1.69 bits per heavy atom. The minimum atomic E-state index is -0.191. The van der Waals surface area contributed by atoms with Gasteiger partial charge in [-0.15, -0.1) is 0 Å². The van der Waals surface area contributed by atoms with Crippen LogP contribution in [0.25, 0.3) is 11.8 Å². The maximum absolute atomic E-state index is 12.9. The van der Waals surface area contributed by atoms with Crippen LogP contribution in [0.15, 0.2) is 70.4 Å². The molecule has 1 aliphatic heterocycles. The number of aromatic nitrogens is 2. The number of thiocarbonyl (C=S) groups is 1. The van der Waals surface area contributed by atoms with Crippen molar-refractivity contribution in [3.05, 3.63) is 92.7 Å². The first kappa shape index (κ1) is 19.4. The standard InChI is InChI=1S/C22H19N3O2S2/c1-15-18(20(26)25(23-15)17-10-6-3-7-11-17)14-19-21(27)24(22(28)29-19)13-12-16-8-4-2-5-9-16/h2-11,14,23H,12-13H2,1H3. The zero-order valence-corrected chi connectivity index (χ0v) is 17.4. The predicted molar refractivity (Wildman–Crippen MR) is 121 cm³/mol. The Labute approximate surface area is 178 Å². The van der Waals surface area contributed by atoms with Gasteiger partial charge < -0.3 is 0 Å². The van der Waals surface area contributed by atoms with Gasteiger partial charge in [0, 0.05) is 12.2 Å². The first-order chi connectivity index (χ1) is 14.0. The number of hydrogen-bond donors (Lipinski definition) is 1. The zero-order chi connectivity index (χ0) is 20.4. The molecule has 1 aromatic heterocycles. The van der Waals surface area contributed by atoms with Crippen LogP contribution in [0.2, 0.25) is 0 Å². The summed E-state index contributed by atoms with van der Waals surface area (Å²) in [6.07, 6.45) is 2.37. The van der Waals surface area contributed by atoms with Gasteiger partial charge in [-0.25, -0.2) is 4.68 Å². The average Bonchev–Trinajstić information content (AvgIpc) is 3.17. The van der Waals surface area contributed by atoms with Crippen molar-refractivity contribution in [2.75, 3.05) is 6.54 Å². The lowest BCUT2D eigenvalue weighted by Crippen LogP contribution is -2.30. The van der Waals surface area contributed by atoms with Crippen LogP contribution < -0.4 is 5.56 Å². The number of amides is 1. The van der Waals surface area contributed by atoms with Gasteiger partial charge in [0.15, 0.2) is 0 Å². The Morgan fingerprint density at radius 3 is 2.38 bits per heavy atom. The molecule has 29 heavy (non-hydrogen) atoms.